The molecule has 0 bridgehead atoms. The third-order valence-electron chi connectivity index (χ3n) is 5.33. The van der Waals surface area contributed by atoms with Crippen molar-refractivity contribution in [3.63, 3.8) is 0 Å². The van der Waals surface area contributed by atoms with Gasteiger partial charge in [-0.3, -0.25) is 9.97 Å². The summed E-state index contributed by atoms with van der Waals surface area (Å²) in [5, 5.41) is 2.19. The number of benzene rings is 3. The van der Waals surface area contributed by atoms with Crippen LogP contribution in [0.1, 0.15) is 22.3 Å². The number of anilines is 2. The van der Waals surface area contributed by atoms with Crippen molar-refractivity contribution >= 4 is 33.2 Å². The zero-order chi connectivity index (χ0) is 20.5. The topological polar surface area (TPSA) is 77.8 Å². The van der Waals surface area contributed by atoms with E-state index in [0.29, 0.717) is 0 Å². The Morgan fingerprint density at radius 3 is 1.43 bits per heavy atom. The van der Waals surface area contributed by atoms with Crippen molar-refractivity contribution in [3.8, 4) is 0 Å². The van der Waals surface area contributed by atoms with Crippen LogP contribution in [0.15, 0.2) is 85.2 Å². The van der Waals surface area contributed by atoms with Crippen LogP contribution in [0.25, 0.3) is 21.8 Å². The average molecular weight is 390 g/mol. The lowest BCUT2D eigenvalue weighted by atomic mass is 10.0. The van der Waals surface area contributed by atoms with Crippen molar-refractivity contribution in [2.45, 2.75) is 12.8 Å². The van der Waals surface area contributed by atoms with E-state index in [2.05, 4.69) is 36.4 Å². The second kappa shape index (κ2) is 7.48. The molecule has 0 radical (unpaired) electrons. The molecule has 0 aliphatic rings. The molecule has 0 unspecified atom stereocenters. The second-order valence-corrected chi connectivity index (χ2v) is 7.74. The largest absolute Gasteiger partial charge is 0.399 e. The number of nitrogens with two attached hydrogens (primary N) is 2. The normalized spacial score (nSPS) is 11.2. The van der Waals surface area contributed by atoms with Gasteiger partial charge in [0.05, 0.1) is 11.0 Å². The number of nitrogen functional groups attached to an aromatic ring is 2. The van der Waals surface area contributed by atoms with Crippen LogP contribution in [-0.4, -0.2) is 9.97 Å². The lowest BCUT2D eigenvalue weighted by Gasteiger charge is -2.08. The molecule has 2 heterocycles. The van der Waals surface area contributed by atoms with Crippen molar-refractivity contribution < 1.29 is 0 Å². The van der Waals surface area contributed by atoms with Gasteiger partial charge in [-0.15, -0.1) is 0 Å². The lowest BCUT2D eigenvalue weighted by molar-refractivity contribution is 1.16. The Balaban J connectivity index is 1.47. The molecular formula is C26H22N4. The molecule has 4 nitrogen and oxygen atoms in total. The smallest absolute Gasteiger partial charge is 0.0964 e. The zero-order valence-corrected chi connectivity index (χ0v) is 16.5. The summed E-state index contributed by atoms with van der Waals surface area (Å²) in [6.45, 7) is 0. The Bertz CT molecular complexity index is 1270. The van der Waals surface area contributed by atoms with Gasteiger partial charge in [0.2, 0.25) is 0 Å². The van der Waals surface area contributed by atoms with Gasteiger partial charge in [-0.1, -0.05) is 36.4 Å². The van der Waals surface area contributed by atoms with Crippen molar-refractivity contribution in [1.29, 1.82) is 0 Å². The fraction of sp³-hybridized carbons (Fsp3) is 0.0769. The molecule has 0 fully saturated rings. The van der Waals surface area contributed by atoms with E-state index in [4.69, 9.17) is 21.4 Å². The molecular weight excluding hydrogens is 368 g/mol. The Morgan fingerprint density at radius 1 is 0.533 bits per heavy atom. The standard InChI is InChI=1S/C26H22N4/c27-23-5-1-3-17(13-23)9-19-11-21-7-8-22-12-20(10-18-4-2-6-24(28)14-18)16-30-26(22)25(21)29-15-19/h1-8,11-16H,9-10,27-28H2. The minimum absolute atomic E-state index is 0.783. The molecule has 0 saturated heterocycles. The summed E-state index contributed by atoms with van der Waals surface area (Å²) in [5.41, 5.74) is 19.9. The molecule has 2 aromatic heterocycles. The number of nitrogens with zero attached hydrogens (tertiary/aromatic N) is 2. The van der Waals surface area contributed by atoms with E-state index in [1.165, 1.54) is 11.1 Å². The van der Waals surface area contributed by atoms with E-state index in [1.807, 2.05) is 48.8 Å². The van der Waals surface area contributed by atoms with Crippen LogP contribution < -0.4 is 11.5 Å². The van der Waals surface area contributed by atoms with Crippen LogP contribution in [0.4, 0.5) is 11.4 Å². The number of fused-ring (bicyclic) bond motifs is 3. The third-order valence-corrected chi connectivity index (χ3v) is 5.33. The number of aromatic nitrogens is 2. The maximum atomic E-state index is 5.90. The summed E-state index contributed by atoms with van der Waals surface area (Å²) in [7, 11) is 0. The van der Waals surface area contributed by atoms with Gasteiger partial charge in [0.1, 0.15) is 0 Å². The fourth-order valence-electron chi connectivity index (χ4n) is 3.96. The molecule has 0 amide bonds. The maximum Gasteiger partial charge on any atom is 0.0964 e. The van der Waals surface area contributed by atoms with E-state index >= 15 is 0 Å². The molecule has 146 valence electrons. The quantitative estimate of drug-likeness (QED) is 0.329. The van der Waals surface area contributed by atoms with Crippen LogP contribution in [0.2, 0.25) is 0 Å². The highest BCUT2D eigenvalue weighted by Gasteiger charge is 2.07. The predicted molar refractivity (Wildman–Crippen MR) is 124 cm³/mol. The molecule has 0 aliphatic carbocycles. The monoisotopic (exact) mass is 390 g/mol. The van der Waals surface area contributed by atoms with Crippen molar-refractivity contribution in [3.05, 3.63) is 107 Å². The Hall–Kier alpha value is -3.92. The molecule has 0 spiro atoms. The molecule has 30 heavy (non-hydrogen) atoms. The lowest BCUT2D eigenvalue weighted by Crippen LogP contribution is -1.95. The summed E-state index contributed by atoms with van der Waals surface area (Å²) in [4.78, 5) is 9.49. The van der Waals surface area contributed by atoms with Gasteiger partial charge in [-0.05, 0) is 71.5 Å². The van der Waals surface area contributed by atoms with Gasteiger partial charge in [0.25, 0.3) is 0 Å². The minimum Gasteiger partial charge on any atom is -0.399 e. The number of pyridine rings is 2. The summed E-state index contributed by atoms with van der Waals surface area (Å²) < 4.78 is 0. The van der Waals surface area contributed by atoms with Crippen LogP contribution in [-0.2, 0) is 12.8 Å². The fourth-order valence-corrected chi connectivity index (χ4v) is 3.96. The number of hydrogen-bond acceptors (Lipinski definition) is 4. The second-order valence-electron chi connectivity index (χ2n) is 7.74. The maximum absolute atomic E-state index is 5.90. The van der Waals surface area contributed by atoms with Crippen LogP contribution in [0.5, 0.6) is 0 Å². The highest BCUT2D eigenvalue weighted by atomic mass is 14.7. The van der Waals surface area contributed by atoms with Crippen molar-refractivity contribution in [1.82, 2.24) is 9.97 Å². The minimum atomic E-state index is 0.783. The first-order chi connectivity index (χ1) is 14.6. The summed E-state index contributed by atoms with van der Waals surface area (Å²) >= 11 is 0. The Kier molecular flexibility index (Phi) is 4.52. The molecule has 5 aromatic rings. The van der Waals surface area contributed by atoms with Gasteiger partial charge in [-0.25, -0.2) is 0 Å². The molecule has 5 rings (SSSR count). The molecule has 0 saturated carbocycles. The first-order valence-electron chi connectivity index (χ1n) is 9.99. The Morgan fingerprint density at radius 2 is 1.00 bits per heavy atom. The SMILES string of the molecule is Nc1cccc(Cc2cnc3c(ccc4cc(Cc5cccc(N)c5)cnc43)c2)c1. The predicted octanol–water partition coefficient (Wildman–Crippen LogP) is 5.13. The molecule has 3 aromatic carbocycles. The zero-order valence-electron chi connectivity index (χ0n) is 16.5. The van der Waals surface area contributed by atoms with E-state index in [1.54, 1.807) is 0 Å². The van der Waals surface area contributed by atoms with Crippen molar-refractivity contribution in [2.24, 2.45) is 0 Å². The molecule has 0 atom stereocenters. The van der Waals surface area contributed by atoms with Crippen LogP contribution in [0.3, 0.4) is 0 Å². The van der Waals surface area contributed by atoms with E-state index in [0.717, 1.165) is 57.1 Å². The highest BCUT2D eigenvalue weighted by molar-refractivity contribution is 6.02. The van der Waals surface area contributed by atoms with E-state index in [-0.39, 0.29) is 0 Å². The van der Waals surface area contributed by atoms with Gasteiger partial charge in [0, 0.05) is 34.5 Å². The third kappa shape index (κ3) is 3.67. The van der Waals surface area contributed by atoms with Gasteiger partial charge >= 0.3 is 0 Å². The van der Waals surface area contributed by atoms with E-state index < -0.39 is 0 Å². The molecule has 4 heteroatoms. The van der Waals surface area contributed by atoms with Gasteiger partial charge < -0.3 is 11.5 Å². The number of rotatable bonds is 4. The average Bonchev–Trinajstić information content (AvgIpc) is 2.73. The van der Waals surface area contributed by atoms with E-state index in [9.17, 15) is 0 Å². The Labute approximate surface area is 175 Å². The van der Waals surface area contributed by atoms with Crippen LogP contribution in [0, 0.1) is 0 Å². The van der Waals surface area contributed by atoms with Gasteiger partial charge in [-0.2, -0.15) is 0 Å². The highest BCUT2D eigenvalue weighted by Crippen LogP contribution is 2.25. The summed E-state index contributed by atoms with van der Waals surface area (Å²) in [5.74, 6) is 0. The van der Waals surface area contributed by atoms with Gasteiger partial charge in [0.15, 0.2) is 0 Å². The summed E-state index contributed by atoms with van der Waals surface area (Å²) in [6.07, 6.45) is 5.48. The number of hydrogen-bond donors (Lipinski definition) is 2. The van der Waals surface area contributed by atoms with Crippen molar-refractivity contribution in [2.75, 3.05) is 11.5 Å². The first-order valence-corrected chi connectivity index (χ1v) is 9.99. The first kappa shape index (κ1) is 18.1. The molecule has 0 aliphatic heterocycles. The molecule has 4 N–H and O–H groups in total. The van der Waals surface area contributed by atoms with Crippen LogP contribution >= 0.6 is 0 Å². The summed E-state index contributed by atoms with van der Waals surface area (Å²) in [6, 6.07) is 24.6.